The van der Waals surface area contributed by atoms with E-state index in [0.717, 1.165) is 6.42 Å². The molecule has 1 rings (SSSR count). The first-order chi connectivity index (χ1) is 3.30. The Labute approximate surface area is 52.1 Å². The molecular formula is C5H7BrN. The molecule has 1 aliphatic rings. The monoisotopic (exact) mass is 160 g/mol. The fourth-order valence-corrected chi connectivity index (χ4v) is 0.871. The van der Waals surface area contributed by atoms with Gasteiger partial charge in [-0.05, 0) is 22.4 Å². The molecule has 0 aromatic heterocycles. The Balaban J connectivity index is 2.54. The van der Waals surface area contributed by atoms with Crippen LogP contribution in [0.15, 0.2) is 10.7 Å². The van der Waals surface area contributed by atoms with E-state index in [0.29, 0.717) is 0 Å². The van der Waals surface area contributed by atoms with E-state index in [9.17, 15) is 0 Å². The van der Waals surface area contributed by atoms with Crippen LogP contribution in [0.2, 0.25) is 0 Å². The summed E-state index contributed by atoms with van der Waals surface area (Å²) in [6.07, 6.45) is 3.19. The third-order valence-electron chi connectivity index (χ3n) is 1.00. The smallest absolute Gasteiger partial charge is 0.0767 e. The molecule has 0 amide bonds. The van der Waals surface area contributed by atoms with E-state index in [-0.39, 0.29) is 0 Å². The highest BCUT2D eigenvalue weighted by molar-refractivity contribution is 9.11. The maximum Gasteiger partial charge on any atom is 0.0767 e. The van der Waals surface area contributed by atoms with E-state index in [1.54, 1.807) is 0 Å². The van der Waals surface area contributed by atoms with Gasteiger partial charge in [-0.1, -0.05) is 6.08 Å². The molecule has 0 aromatic carbocycles. The standard InChI is InChI=1S/C5H7BrN/c1-7-4-2-3-5(7)6/h3-4H,2H2,1H3. The highest BCUT2D eigenvalue weighted by Gasteiger charge is 2.05. The lowest BCUT2D eigenvalue weighted by molar-refractivity contribution is 0.566. The molecule has 1 radical (unpaired) electrons. The number of nitrogens with zero attached hydrogens (tertiary/aromatic N) is 1. The average molecular weight is 161 g/mol. The lowest BCUT2D eigenvalue weighted by Gasteiger charge is -2.07. The second-order valence-corrected chi connectivity index (χ2v) is 2.37. The fraction of sp³-hybridized carbons (Fsp3) is 0.400. The fourth-order valence-electron chi connectivity index (χ4n) is 0.539. The second kappa shape index (κ2) is 1.86. The quantitative estimate of drug-likeness (QED) is 0.489. The normalized spacial score (nSPS) is 20.3. The van der Waals surface area contributed by atoms with Crippen LogP contribution in [-0.4, -0.2) is 11.9 Å². The van der Waals surface area contributed by atoms with Crippen molar-refractivity contribution in [3.05, 3.63) is 17.2 Å². The lowest BCUT2D eigenvalue weighted by Crippen LogP contribution is -2.03. The Kier molecular flexibility index (Phi) is 1.38. The maximum atomic E-state index is 3.36. The number of halogens is 1. The van der Waals surface area contributed by atoms with E-state index in [4.69, 9.17) is 0 Å². The summed E-state index contributed by atoms with van der Waals surface area (Å²) < 4.78 is 1.17. The van der Waals surface area contributed by atoms with E-state index in [2.05, 4.69) is 33.5 Å². The van der Waals surface area contributed by atoms with Crippen molar-refractivity contribution >= 4 is 15.9 Å². The zero-order valence-electron chi connectivity index (χ0n) is 4.19. The summed E-state index contributed by atoms with van der Waals surface area (Å²) in [5, 5.41) is 0. The van der Waals surface area contributed by atoms with Crippen LogP contribution in [0.25, 0.3) is 0 Å². The molecule has 0 spiro atoms. The summed E-state index contributed by atoms with van der Waals surface area (Å²) in [6.45, 7) is 2.12. The molecule has 0 saturated carbocycles. The molecule has 7 heavy (non-hydrogen) atoms. The lowest BCUT2D eigenvalue weighted by atomic mass is 10.5. The van der Waals surface area contributed by atoms with Crippen LogP contribution in [0, 0.1) is 6.54 Å². The van der Waals surface area contributed by atoms with E-state index >= 15 is 0 Å². The first kappa shape index (κ1) is 5.16. The van der Waals surface area contributed by atoms with Gasteiger partial charge in [0.1, 0.15) is 0 Å². The third-order valence-corrected chi connectivity index (χ3v) is 1.89. The van der Waals surface area contributed by atoms with Crippen LogP contribution in [0.1, 0.15) is 6.42 Å². The first-order valence-corrected chi connectivity index (χ1v) is 3.02. The van der Waals surface area contributed by atoms with Crippen molar-refractivity contribution in [1.29, 1.82) is 0 Å². The number of hydrogen-bond acceptors (Lipinski definition) is 1. The molecule has 0 unspecified atom stereocenters. The summed E-state index contributed by atoms with van der Waals surface area (Å²) in [4.78, 5) is 2.06. The Morgan fingerprint density at radius 3 is 2.71 bits per heavy atom. The highest BCUT2D eigenvalue weighted by Crippen LogP contribution is 2.20. The zero-order valence-corrected chi connectivity index (χ0v) is 5.77. The molecule has 0 atom stereocenters. The highest BCUT2D eigenvalue weighted by atomic mass is 79.9. The average Bonchev–Trinajstić information content (AvgIpc) is 1.91. The van der Waals surface area contributed by atoms with Gasteiger partial charge in [0, 0.05) is 7.05 Å². The van der Waals surface area contributed by atoms with Crippen molar-refractivity contribution in [3.63, 3.8) is 0 Å². The van der Waals surface area contributed by atoms with Gasteiger partial charge in [0.05, 0.1) is 11.2 Å². The Bertz CT molecular complexity index is 98.3. The van der Waals surface area contributed by atoms with Gasteiger partial charge in [0.15, 0.2) is 0 Å². The van der Waals surface area contributed by atoms with Gasteiger partial charge >= 0.3 is 0 Å². The van der Waals surface area contributed by atoms with Gasteiger partial charge in [-0.15, -0.1) is 0 Å². The van der Waals surface area contributed by atoms with E-state index in [1.165, 1.54) is 4.61 Å². The van der Waals surface area contributed by atoms with Crippen LogP contribution >= 0.6 is 15.9 Å². The molecule has 1 aliphatic heterocycles. The van der Waals surface area contributed by atoms with Crippen molar-refractivity contribution in [2.24, 2.45) is 0 Å². The second-order valence-electron chi connectivity index (χ2n) is 1.56. The molecule has 0 bridgehead atoms. The largest absolute Gasteiger partial charge is 0.364 e. The van der Waals surface area contributed by atoms with Crippen molar-refractivity contribution < 1.29 is 0 Å². The Hall–Kier alpha value is 0.0200. The molecule has 1 nitrogen and oxygen atoms in total. The van der Waals surface area contributed by atoms with Crippen molar-refractivity contribution in [2.45, 2.75) is 6.42 Å². The predicted octanol–water partition coefficient (Wildman–Crippen LogP) is 1.72. The molecule has 0 saturated heterocycles. The van der Waals surface area contributed by atoms with Crippen LogP contribution in [0.5, 0.6) is 0 Å². The third kappa shape index (κ3) is 0.969. The Morgan fingerprint density at radius 1 is 1.86 bits per heavy atom. The molecule has 1 heterocycles. The van der Waals surface area contributed by atoms with E-state index < -0.39 is 0 Å². The number of hydrogen-bond donors (Lipinski definition) is 0. The molecule has 39 valence electrons. The van der Waals surface area contributed by atoms with Crippen LogP contribution in [0.3, 0.4) is 0 Å². The van der Waals surface area contributed by atoms with E-state index in [1.807, 2.05) is 7.05 Å². The minimum absolute atomic E-state index is 1.07. The summed E-state index contributed by atoms with van der Waals surface area (Å²) >= 11 is 3.36. The molecule has 0 aromatic rings. The maximum absolute atomic E-state index is 3.36. The minimum Gasteiger partial charge on any atom is -0.364 e. The Morgan fingerprint density at radius 2 is 2.57 bits per heavy atom. The summed E-state index contributed by atoms with van der Waals surface area (Å²) in [5.41, 5.74) is 0. The van der Waals surface area contributed by atoms with Crippen molar-refractivity contribution in [1.82, 2.24) is 4.90 Å². The molecular weight excluding hydrogens is 154 g/mol. The molecule has 0 aliphatic carbocycles. The van der Waals surface area contributed by atoms with Gasteiger partial charge in [0.2, 0.25) is 0 Å². The van der Waals surface area contributed by atoms with Gasteiger partial charge < -0.3 is 4.90 Å². The minimum atomic E-state index is 1.07. The summed E-state index contributed by atoms with van der Waals surface area (Å²) in [6, 6.07) is 0. The van der Waals surface area contributed by atoms with Gasteiger partial charge in [-0.25, -0.2) is 0 Å². The predicted molar refractivity (Wildman–Crippen MR) is 33.7 cm³/mol. The number of rotatable bonds is 0. The van der Waals surface area contributed by atoms with Crippen LogP contribution in [-0.2, 0) is 0 Å². The van der Waals surface area contributed by atoms with Gasteiger partial charge in [-0.2, -0.15) is 0 Å². The van der Waals surface area contributed by atoms with Crippen LogP contribution < -0.4 is 0 Å². The molecule has 2 heteroatoms. The SMILES string of the molecule is CN1[CH]CC=C1Br. The van der Waals surface area contributed by atoms with Gasteiger partial charge in [-0.3, -0.25) is 0 Å². The topological polar surface area (TPSA) is 3.24 Å². The molecule has 0 N–H and O–H groups in total. The summed E-state index contributed by atoms with van der Waals surface area (Å²) in [7, 11) is 2.02. The van der Waals surface area contributed by atoms with Gasteiger partial charge in [0.25, 0.3) is 0 Å². The first-order valence-electron chi connectivity index (χ1n) is 2.22. The molecule has 0 fully saturated rings. The summed E-state index contributed by atoms with van der Waals surface area (Å²) in [5.74, 6) is 0. The van der Waals surface area contributed by atoms with Crippen molar-refractivity contribution in [2.75, 3.05) is 7.05 Å². The van der Waals surface area contributed by atoms with Crippen molar-refractivity contribution in [3.8, 4) is 0 Å². The van der Waals surface area contributed by atoms with Crippen LogP contribution in [0.4, 0.5) is 0 Å². The zero-order chi connectivity index (χ0) is 5.28.